The van der Waals surface area contributed by atoms with Crippen molar-refractivity contribution in [3.8, 4) is 0 Å². The molecule has 1 rings (SSSR count). The summed E-state index contributed by atoms with van der Waals surface area (Å²) < 4.78 is 9.45. The minimum atomic E-state index is -2.55. The Bertz CT molecular complexity index is 419. The highest BCUT2D eigenvalue weighted by Crippen LogP contribution is 2.31. The number of esters is 1. The van der Waals surface area contributed by atoms with E-state index in [1.54, 1.807) is 0 Å². The van der Waals surface area contributed by atoms with E-state index in [4.69, 9.17) is 9.84 Å². The fourth-order valence-corrected chi connectivity index (χ4v) is 2.29. The first-order valence-electron chi connectivity index (χ1n) is 6.57. The monoisotopic (exact) mass is 341 g/mol. The highest BCUT2D eigenvalue weighted by Gasteiger charge is 2.54. The van der Waals surface area contributed by atoms with E-state index in [9.17, 15) is 30.0 Å². The van der Waals surface area contributed by atoms with Gasteiger partial charge in [-0.2, -0.15) is 0 Å². The molecule has 6 atom stereocenters. The van der Waals surface area contributed by atoms with E-state index in [1.807, 2.05) is 0 Å². The number of aliphatic hydroxyl groups excluding tert-OH is 4. The van der Waals surface area contributed by atoms with Crippen molar-refractivity contribution in [1.29, 1.82) is 0 Å². The van der Waals surface area contributed by atoms with Gasteiger partial charge in [-0.15, -0.1) is 0 Å². The average Bonchev–Trinajstić information content (AvgIpc) is 2.46. The van der Waals surface area contributed by atoms with E-state index in [0.717, 1.165) is 14.0 Å². The molecule has 1 fully saturated rings. The predicted molar refractivity (Wildman–Crippen MR) is 72.8 cm³/mol. The van der Waals surface area contributed by atoms with Crippen molar-refractivity contribution in [3.05, 3.63) is 0 Å². The summed E-state index contributed by atoms with van der Waals surface area (Å²) in [5.41, 5.74) is 0. The molecule has 0 aromatic rings. The SMILES string of the molecule is COC(=O)[C@]1(O)C[C@H](O)[C@@H](NC(C)=O)[C@H]([C@H](O)[C@H](O)CO)O1.O. The first kappa shape index (κ1) is 21.7. The third kappa shape index (κ3) is 4.81. The molecular weight excluding hydrogens is 318 g/mol. The molecule has 11 heteroatoms. The van der Waals surface area contributed by atoms with E-state index >= 15 is 0 Å². The van der Waals surface area contributed by atoms with E-state index in [-0.39, 0.29) is 5.48 Å². The normalized spacial score (nSPS) is 33.1. The summed E-state index contributed by atoms with van der Waals surface area (Å²) in [5.74, 6) is -4.32. The van der Waals surface area contributed by atoms with Crippen molar-refractivity contribution < 1.29 is 50.1 Å². The second-order valence-corrected chi connectivity index (χ2v) is 5.10. The van der Waals surface area contributed by atoms with Crippen LogP contribution in [0.4, 0.5) is 0 Å². The molecule has 8 N–H and O–H groups in total. The molecule has 0 aromatic heterocycles. The van der Waals surface area contributed by atoms with E-state index in [0.29, 0.717) is 0 Å². The molecule has 0 spiro atoms. The summed E-state index contributed by atoms with van der Waals surface area (Å²) in [6.07, 6.45) is -7.09. The maximum absolute atomic E-state index is 11.6. The van der Waals surface area contributed by atoms with Crippen LogP contribution in [0.25, 0.3) is 0 Å². The zero-order valence-corrected chi connectivity index (χ0v) is 12.7. The number of ether oxygens (including phenoxy) is 2. The molecule has 23 heavy (non-hydrogen) atoms. The van der Waals surface area contributed by atoms with Crippen molar-refractivity contribution in [1.82, 2.24) is 5.32 Å². The zero-order valence-electron chi connectivity index (χ0n) is 12.7. The second-order valence-electron chi connectivity index (χ2n) is 5.10. The van der Waals surface area contributed by atoms with Crippen LogP contribution in [0.5, 0.6) is 0 Å². The van der Waals surface area contributed by atoms with Gasteiger partial charge in [-0.1, -0.05) is 0 Å². The van der Waals surface area contributed by atoms with Crippen LogP contribution < -0.4 is 5.32 Å². The summed E-state index contributed by atoms with van der Waals surface area (Å²) in [4.78, 5) is 22.8. The summed E-state index contributed by atoms with van der Waals surface area (Å²) >= 11 is 0. The smallest absolute Gasteiger partial charge is 0.366 e. The number of hydrogen-bond donors (Lipinski definition) is 6. The molecular formula is C12H23NO10. The Morgan fingerprint density at radius 3 is 2.43 bits per heavy atom. The van der Waals surface area contributed by atoms with Crippen LogP contribution in [0, 0.1) is 0 Å². The molecule has 0 radical (unpaired) electrons. The molecule has 136 valence electrons. The third-order valence-corrected chi connectivity index (χ3v) is 3.38. The van der Waals surface area contributed by atoms with Gasteiger partial charge < -0.3 is 45.8 Å². The van der Waals surface area contributed by atoms with Crippen LogP contribution in [-0.2, 0) is 19.1 Å². The molecule has 0 aliphatic carbocycles. The van der Waals surface area contributed by atoms with Gasteiger partial charge in [0.1, 0.15) is 18.3 Å². The predicted octanol–water partition coefficient (Wildman–Crippen LogP) is -4.61. The van der Waals surface area contributed by atoms with Gasteiger partial charge in [-0.05, 0) is 0 Å². The van der Waals surface area contributed by atoms with Gasteiger partial charge >= 0.3 is 5.97 Å². The topological polar surface area (TPSA) is 197 Å². The van der Waals surface area contributed by atoms with Crippen LogP contribution in [-0.4, -0.2) is 92.8 Å². The minimum Gasteiger partial charge on any atom is -0.465 e. The number of methoxy groups -OCH3 is 1. The fraction of sp³-hybridized carbons (Fsp3) is 0.833. The van der Waals surface area contributed by atoms with Crippen LogP contribution in [0.3, 0.4) is 0 Å². The molecule has 0 saturated carbocycles. The lowest BCUT2D eigenvalue weighted by Crippen LogP contribution is -2.67. The number of hydrogen-bond acceptors (Lipinski definition) is 9. The minimum absolute atomic E-state index is 0. The molecule has 1 aliphatic heterocycles. The third-order valence-electron chi connectivity index (χ3n) is 3.38. The van der Waals surface area contributed by atoms with Gasteiger partial charge in [0, 0.05) is 13.3 Å². The van der Waals surface area contributed by atoms with Crippen molar-refractivity contribution in [2.24, 2.45) is 0 Å². The second kappa shape index (κ2) is 8.49. The summed E-state index contributed by atoms with van der Waals surface area (Å²) in [5, 5.41) is 50.8. The highest BCUT2D eigenvalue weighted by atomic mass is 16.7. The van der Waals surface area contributed by atoms with Gasteiger partial charge in [-0.3, -0.25) is 4.79 Å². The van der Waals surface area contributed by atoms with E-state index in [1.165, 1.54) is 0 Å². The number of carbonyl (C=O) groups excluding carboxylic acids is 2. The van der Waals surface area contributed by atoms with Gasteiger partial charge in [0.05, 0.1) is 25.9 Å². The first-order chi connectivity index (χ1) is 10.2. The van der Waals surface area contributed by atoms with Crippen LogP contribution in [0.2, 0.25) is 0 Å². The van der Waals surface area contributed by atoms with E-state index < -0.39 is 61.1 Å². The highest BCUT2D eigenvalue weighted by molar-refractivity contribution is 5.78. The Morgan fingerprint density at radius 2 is 2.00 bits per heavy atom. The number of carbonyl (C=O) groups is 2. The van der Waals surface area contributed by atoms with Gasteiger partial charge in [0.2, 0.25) is 5.91 Å². The lowest BCUT2D eigenvalue weighted by molar-refractivity contribution is -0.296. The largest absolute Gasteiger partial charge is 0.465 e. The van der Waals surface area contributed by atoms with Crippen molar-refractivity contribution in [2.45, 2.75) is 49.6 Å². The van der Waals surface area contributed by atoms with Crippen LogP contribution in [0.15, 0.2) is 0 Å². The number of aliphatic hydroxyl groups is 5. The zero-order chi connectivity index (χ0) is 17.1. The summed E-state index contributed by atoms with van der Waals surface area (Å²) in [6.45, 7) is 0.320. The van der Waals surface area contributed by atoms with Crippen LogP contribution >= 0.6 is 0 Å². The maximum Gasteiger partial charge on any atom is 0.366 e. The molecule has 0 aromatic carbocycles. The van der Waals surface area contributed by atoms with Gasteiger partial charge in [0.15, 0.2) is 0 Å². The van der Waals surface area contributed by atoms with Crippen molar-refractivity contribution in [3.63, 3.8) is 0 Å². The Labute approximate surface area is 131 Å². The standard InChI is InChI=1S/C12H21NO9.H2O/c1-5(15)13-8-6(16)3-12(20,11(19)21-2)22-10(8)9(18)7(17)4-14;/h6-10,14,16-18,20H,3-4H2,1-2H3,(H,13,15);1H2/t6-,7+,8+,9+,10+,12-;/m0./s1. The molecule has 1 heterocycles. The van der Waals surface area contributed by atoms with E-state index in [2.05, 4.69) is 10.1 Å². The number of rotatable bonds is 5. The number of amides is 1. The Hall–Kier alpha value is -1.34. The molecule has 0 unspecified atom stereocenters. The van der Waals surface area contributed by atoms with Crippen LogP contribution in [0.1, 0.15) is 13.3 Å². The molecule has 0 bridgehead atoms. The average molecular weight is 341 g/mol. The van der Waals surface area contributed by atoms with Crippen molar-refractivity contribution >= 4 is 11.9 Å². The molecule has 11 nitrogen and oxygen atoms in total. The van der Waals surface area contributed by atoms with Gasteiger partial charge in [-0.25, -0.2) is 4.79 Å². The Morgan fingerprint density at radius 1 is 1.43 bits per heavy atom. The molecule has 1 aliphatic rings. The lowest BCUT2D eigenvalue weighted by Gasteiger charge is -2.45. The lowest BCUT2D eigenvalue weighted by atomic mass is 9.88. The maximum atomic E-state index is 11.6. The summed E-state index contributed by atoms with van der Waals surface area (Å²) in [7, 11) is 0.990. The number of nitrogens with one attached hydrogen (secondary N) is 1. The Kier molecular flexibility index (Phi) is 8.00. The summed E-state index contributed by atoms with van der Waals surface area (Å²) in [6, 6.07) is -1.21. The fourth-order valence-electron chi connectivity index (χ4n) is 2.29. The van der Waals surface area contributed by atoms with Crippen molar-refractivity contribution in [2.75, 3.05) is 13.7 Å². The Balaban J connectivity index is 0.00000484. The molecule has 1 amide bonds. The molecule has 1 saturated heterocycles. The van der Waals surface area contributed by atoms with Gasteiger partial charge in [0.25, 0.3) is 5.79 Å². The first-order valence-corrected chi connectivity index (χ1v) is 6.57. The quantitative estimate of drug-likeness (QED) is 0.266.